The third-order valence-corrected chi connectivity index (χ3v) is 2.62. The van der Waals surface area contributed by atoms with Crippen LogP contribution in [0.25, 0.3) is 0 Å². The van der Waals surface area contributed by atoms with Crippen molar-refractivity contribution >= 4 is 16.0 Å². The number of nitrogens with one attached hydrogen (secondary N) is 1. The van der Waals surface area contributed by atoms with Crippen LogP contribution in [0.5, 0.6) is 0 Å². The van der Waals surface area contributed by atoms with Crippen LogP contribution in [0.15, 0.2) is 0 Å². The van der Waals surface area contributed by atoms with Gasteiger partial charge in [-0.05, 0) is 11.8 Å². The topological polar surface area (TPSA) is 92.7 Å². The fourth-order valence-electron chi connectivity index (χ4n) is 0.663. The van der Waals surface area contributed by atoms with E-state index in [2.05, 4.69) is 4.84 Å². The quantitative estimate of drug-likeness (QED) is 0.653. The molecule has 0 aromatic rings. The van der Waals surface area contributed by atoms with Gasteiger partial charge in [0.2, 0.25) is 10.0 Å². The molecule has 0 fully saturated rings. The Balaban J connectivity index is 3.94. The molecule has 6 nitrogen and oxygen atoms in total. The summed E-state index contributed by atoms with van der Waals surface area (Å²) in [5.41, 5.74) is -0.0957. The van der Waals surface area contributed by atoms with Gasteiger partial charge in [0, 0.05) is 0 Å². The molecule has 15 heavy (non-hydrogen) atoms. The molecule has 2 N–H and O–H groups in total. The SMILES string of the molecule is CC(C)(C)CCS(=O)(=O)NOCC(=O)O. The molecule has 7 heteroatoms. The van der Waals surface area contributed by atoms with Crippen molar-refractivity contribution in [2.45, 2.75) is 27.2 Å². The molecule has 0 aliphatic rings. The first-order chi connectivity index (χ1) is 6.62. The van der Waals surface area contributed by atoms with Crippen molar-refractivity contribution in [1.82, 2.24) is 4.89 Å². The summed E-state index contributed by atoms with van der Waals surface area (Å²) < 4.78 is 22.5. The molecule has 0 amide bonds. The van der Waals surface area contributed by atoms with E-state index >= 15 is 0 Å². The Kier molecular flexibility index (Phi) is 5.19. The number of aliphatic carboxylic acids is 1. The third-order valence-electron chi connectivity index (χ3n) is 1.50. The highest BCUT2D eigenvalue weighted by Crippen LogP contribution is 2.18. The molecule has 0 unspecified atom stereocenters. The summed E-state index contributed by atoms with van der Waals surface area (Å²) in [6, 6.07) is 0. The lowest BCUT2D eigenvalue weighted by Crippen LogP contribution is -2.30. The van der Waals surface area contributed by atoms with Gasteiger partial charge in [0.25, 0.3) is 0 Å². The van der Waals surface area contributed by atoms with Crippen LogP contribution in [0.1, 0.15) is 27.2 Å². The summed E-state index contributed by atoms with van der Waals surface area (Å²) in [7, 11) is -3.55. The van der Waals surface area contributed by atoms with E-state index in [9.17, 15) is 13.2 Å². The number of hydrogen-bond acceptors (Lipinski definition) is 4. The minimum Gasteiger partial charge on any atom is -0.479 e. The molecule has 0 saturated heterocycles. The minimum atomic E-state index is -3.55. The lowest BCUT2D eigenvalue weighted by atomic mass is 9.94. The first-order valence-corrected chi connectivity index (χ1v) is 6.11. The van der Waals surface area contributed by atoms with Crippen molar-refractivity contribution in [3.8, 4) is 0 Å². The van der Waals surface area contributed by atoms with E-state index in [1.807, 2.05) is 20.8 Å². The molecule has 0 rings (SSSR count). The van der Waals surface area contributed by atoms with E-state index in [-0.39, 0.29) is 11.2 Å². The highest BCUT2D eigenvalue weighted by molar-refractivity contribution is 7.89. The van der Waals surface area contributed by atoms with Crippen molar-refractivity contribution in [2.75, 3.05) is 12.4 Å². The summed E-state index contributed by atoms with van der Waals surface area (Å²) >= 11 is 0. The fraction of sp³-hybridized carbons (Fsp3) is 0.875. The van der Waals surface area contributed by atoms with Crippen molar-refractivity contribution in [3.63, 3.8) is 0 Å². The van der Waals surface area contributed by atoms with Gasteiger partial charge in [-0.3, -0.25) is 4.84 Å². The van der Waals surface area contributed by atoms with Gasteiger partial charge in [-0.15, -0.1) is 0 Å². The van der Waals surface area contributed by atoms with E-state index in [1.165, 1.54) is 0 Å². The van der Waals surface area contributed by atoms with Crippen molar-refractivity contribution < 1.29 is 23.2 Å². The van der Waals surface area contributed by atoms with Crippen molar-refractivity contribution in [1.29, 1.82) is 0 Å². The third kappa shape index (κ3) is 9.64. The zero-order chi connectivity index (χ0) is 12.1. The van der Waals surface area contributed by atoms with E-state index in [0.29, 0.717) is 6.42 Å². The number of sulfonamides is 1. The summed E-state index contributed by atoms with van der Waals surface area (Å²) in [5.74, 6) is -1.32. The zero-order valence-corrected chi connectivity index (χ0v) is 9.93. The van der Waals surface area contributed by atoms with Gasteiger partial charge in [0.05, 0.1) is 5.75 Å². The Labute approximate surface area is 89.6 Å². The molecular formula is C8H17NO5S. The molecule has 0 atom stereocenters. The number of carbonyl (C=O) groups is 1. The molecule has 0 bridgehead atoms. The molecule has 0 aliphatic carbocycles. The van der Waals surface area contributed by atoms with Gasteiger partial charge >= 0.3 is 5.97 Å². The Hall–Kier alpha value is -0.660. The standard InChI is InChI=1S/C8H17NO5S/c1-8(2,3)4-5-15(12,13)9-14-6-7(10)11/h9H,4-6H2,1-3H3,(H,10,11). The average molecular weight is 239 g/mol. The first-order valence-electron chi connectivity index (χ1n) is 4.45. The summed E-state index contributed by atoms with van der Waals surface area (Å²) in [4.78, 5) is 16.1. The first kappa shape index (κ1) is 14.3. The maximum atomic E-state index is 11.2. The minimum absolute atomic E-state index is 0.0872. The van der Waals surface area contributed by atoms with Gasteiger partial charge < -0.3 is 5.11 Å². The van der Waals surface area contributed by atoms with Crippen molar-refractivity contribution in [3.05, 3.63) is 0 Å². The van der Waals surface area contributed by atoms with Gasteiger partial charge in [0.15, 0.2) is 6.61 Å². The van der Waals surface area contributed by atoms with E-state index < -0.39 is 22.6 Å². The van der Waals surface area contributed by atoms with Gasteiger partial charge in [-0.1, -0.05) is 25.7 Å². The molecule has 0 aromatic carbocycles. The van der Waals surface area contributed by atoms with Crippen LogP contribution in [-0.2, 0) is 19.7 Å². The molecule has 0 aliphatic heterocycles. The van der Waals surface area contributed by atoms with E-state index in [4.69, 9.17) is 5.11 Å². The number of carboxylic acid groups (broad SMARTS) is 1. The van der Waals surface area contributed by atoms with Crippen LogP contribution in [0, 0.1) is 5.41 Å². The van der Waals surface area contributed by atoms with Crippen molar-refractivity contribution in [2.24, 2.45) is 5.41 Å². The largest absolute Gasteiger partial charge is 0.479 e. The van der Waals surface area contributed by atoms with Crippen LogP contribution in [0.2, 0.25) is 0 Å². The van der Waals surface area contributed by atoms with Crippen LogP contribution in [-0.4, -0.2) is 31.9 Å². The summed E-state index contributed by atoms with van der Waals surface area (Å²) in [6.07, 6.45) is 0.471. The lowest BCUT2D eigenvalue weighted by molar-refractivity contribution is -0.143. The van der Waals surface area contributed by atoms with Gasteiger partial charge in [-0.2, -0.15) is 0 Å². The normalized spacial score (nSPS) is 12.7. The second-order valence-electron chi connectivity index (χ2n) is 4.40. The number of hydrogen-bond donors (Lipinski definition) is 2. The molecule has 0 radical (unpaired) electrons. The number of rotatable bonds is 6. The van der Waals surface area contributed by atoms with Crippen LogP contribution in [0.3, 0.4) is 0 Å². The molecular weight excluding hydrogens is 222 g/mol. The predicted molar refractivity (Wildman–Crippen MR) is 54.6 cm³/mol. The highest BCUT2D eigenvalue weighted by Gasteiger charge is 2.17. The zero-order valence-electron chi connectivity index (χ0n) is 9.11. The van der Waals surface area contributed by atoms with Crippen LogP contribution in [0.4, 0.5) is 0 Å². The van der Waals surface area contributed by atoms with Gasteiger partial charge in [0.1, 0.15) is 0 Å². The van der Waals surface area contributed by atoms with E-state index in [1.54, 1.807) is 4.89 Å². The Bertz CT molecular complexity index is 303. The maximum absolute atomic E-state index is 11.2. The molecule has 90 valence electrons. The van der Waals surface area contributed by atoms with Gasteiger partial charge in [-0.25, -0.2) is 13.2 Å². The maximum Gasteiger partial charge on any atom is 0.331 e. The molecule has 0 saturated carbocycles. The second kappa shape index (κ2) is 5.43. The second-order valence-corrected chi connectivity index (χ2v) is 6.20. The summed E-state index contributed by atoms with van der Waals surface area (Å²) in [5, 5.41) is 8.21. The fourth-order valence-corrected chi connectivity index (χ4v) is 1.87. The van der Waals surface area contributed by atoms with E-state index in [0.717, 1.165) is 0 Å². The Morgan fingerprint density at radius 2 is 1.93 bits per heavy atom. The Morgan fingerprint density at radius 1 is 1.40 bits per heavy atom. The molecule has 0 aromatic heterocycles. The predicted octanol–water partition coefficient (Wildman–Crippen LogP) is 0.358. The molecule has 0 spiro atoms. The molecule has 0 heterocycles. The highest BCUT2D eigenvalue weighted by atomic mass is 32.2. The van der Waals surface area contributed by atoms with Crippen LogP contribution >= 0.6 is 0 Å². The monoisotopic (exact) mass is 239 g/mol. The average Bonchev–Trinajstić information content (AvgIpc) is 1.99. The van der Waals surface area contributed by atoms with Crippen LogP contribution < -0.4 is 4.89 Å². The smallest absolute Gasteiger partial charge is 0.331 e. The Morgan fingerprint density at radius 3 is 2.33 bits per heavy atom. The number of carboxylic acids is 1. The summed E-state index contributed by atoms with van der Waals surface area (Å²) in [6.45, 7) is 5.07. The lowest BCUT2D eigenvalue weighted by Gasteiger charge is -2.17.